The highest BCUT2D eigenvalue weighted by Crippen LogP contribution is 2.40. The molecule has 2 heterocycles. The minimum absolute atomic E-state index is 0.0929. The number of carbonyl (C=O) groups is 1. The number of hydrogen-bond donors (Lipinski definition) is 1. The van der Waals surface area contributed by atoms with Crippen LogP contribution in [-0.4, -0.2) is 40.6 Å². The number of nitrogens with zero attached hydrogens (tertiary/aromatic N) is 3. The van der Waals surface area contributed by atoms with E-state index in [0.717, 1.165) is 50.5 Å². The molecule has 1 N–H and O–H groups in total. The van der Waals surface area contributed by atoms with Gasteiger partial charge in [-0.25, -0.2) is 13.9 Å². The molecule has 42 heavy (non-hydrogen) atoms. The van der Waals surface area contributed by atoms with Crippen molar-refractivity contribution in [2.45, 2.75) is 88.3 Å². The molecule has 0 radical (unpaired) electrons. The molecule has 5 rings (SSSR count). The lowest BCUT2D eigenvalue weighted by Gasteiger charge is -2.30. The summed E-state index contributed by atoms with van der Waals surface area (Å²) in [6, 6.07) is 11.8. The fourth-order valence-electron chi connectivity index (χ4n) is 5.43. The van der Waals surface area contributed by atoms with Crippen LogP contribution in [0, 0.1) is 5.82 Å². The maximum absolute atomic E-state index is 14.3. The van der Waals surface area contributed by atoms with Crippen LogP contribution in [0.25, 0.3) is 0 Å². The highest BCUT2D eigenvalue weighted by Gasteiger charge is 2.37. The Morgan fingerprint density at radius 1 is 1.12 bits per heavy atom. The molecule has 2 aromatic carbocycles. The predicted octanol–water partition coefficient (Wildman–Crippen LogP) is 7.45. The van der Waals surface area contributed by atoms with Gasteiger partial charge in [-0.2, -0.15) is 4.98 Å². The average Bonchev–Trinajstić information content (AvgIpc) is 3.41. The highest BCUT2D eigenvalue weighted by atomic mass is 32.2. The van der Waals surface area contributed by atoms with E-state index in [0.29, 0.717) is 51.8 Å². The number of carbonyl (C=O) groups excluding carboxylic acids is 1. The summed E-state index contributed by atoms with van der Waals surface area (Å²) < 4.78 is 33.7. The van der Waals surface area contributed by atoms with E-state index < -0.39 is 6.04 Å². The lowest BCUT2D eigenvalue weighted by Crippen LogP contribution is -2.32. The number of rotatable bonds is 12. The van der Waals surface area contributed by atoms with Crippen molar-refractivity contribution in [2.24, 2.45) is 0 Å². The summed E-state index contributed by atoms with van der Waals surface area (Å²) in [7, 11) is 1.61. The lowest BCUT2D eigenvalue weighted by molar-refractivity contribution is -0.146. The van der Waals surface area contributed by atoms with Crippen LogP contribution in [0.3, 0.4) is 0 Å². The van der Waals surface area contributed by atoms with E-state index in [9.17, 15) is 9.18 Å². The molecule has 1 aromatic heterocycles. The van der Waals surface area contributed by atoms with Crippen LogP contribution in [0.1, 0.15) is 82.4 Å². The third-order valence-corrected chi connectivity index (χ3v) is 8.59. The third kappa shape index (κ3) is 6.91. The Balaban J connectivity index is 1.47. The van der Waals surface area contributed by atoms with Crippen LogP contribution in [-0.2, 0) is 15.3 Å². The largest absolute Gasteiger partial charge is 0.493 e. The molecule has 8 nitrogen and oxygen atoms in total. The molecule has 1 atom stereocenters. The van der Waals surface area contributed by atoms with Crippen molar-refractivity contribution in [3.63, 3.8) is 0 Å². The van der Waals surface area contributed by atoms with Gasteiger partial charge in [0, 0.05) is 11.4 Å². The number of esters is 1. The Morgan fingerprint density at radius 2 is 1.93 bits per heavy atom. The Morgan fingerprint density at radius 3 is 2.69 bits per heavy atom. The average molecular weight is 595 g/mol. The van der Waals surface area contributed by atoms with Crippen LogP contribution < -0.4 is 14.8 Å². The molecule has 0 spiro atoms. The van der Waals surface area contributed by atoms with E-state index in [2.05, 4.69) is 17.2 Å². The minimum Gasteiger partial charge on any atom is -0.493 e. The number of ether oxygens (including phenoxy) is 3. The number of methoxy groups -OCH3 is 1. The van der Waals surface area contributed by atoms with E-state index in [1.807, 2.05) is 31.2 Å². The van der Waals surface area contributed by atoms with Crippen LogP contribution in [0.5, 0.6) is 11.5 Å². The first-order valence-electron chi connectivity index (χ1n) is 14.8. The summed E-state index contributed by atoms with van der Waals surface area (Å²) in [5.41, 5.74) is 2.50. The van der Waals surface area contributed by atoms with Gasteiger partial charge in [0.1, 0.15) is 18.0 Å². The number of aromatic nitrogens is 3. The summed E-state index contributed by atoms with van der Waals surface area (Å²) in [6.45, 7) is 4.62. The van der Waals surface area contributed by atoms with Crippen molar-refractivity contribution >= 4 is 23.7 Å². The number of unbranched alkanes of at least 4 members (excludes halogenated alkanes) is 2. The number of fused-ring (bicyclic) bond motifs is 1. The third-order valence-electron chi connectivity index (χ3n) is 7.70. The fourth-order valence-corrected chi connectivity index (χ4v) is 6.24. The molecule has 1 aliphatic heterocycles. The monoisotopic (exact) mass is 594 g/mol. The molecule has 3 aromatic rings. The number of halogens is 1. The van der Waals surface area contributed by atoms with Crippen molar-refractivity contribution < 1.29 is 23.4 Å². The summed E-state index contributed by atoms with van der Waals surface area (Å²) in [5.74, 6) is 1.48. The number of anilines is 1. The molecule has 1 fully saturated rings. The first-order valence-corrected chi connectivity index (χ1v) is 15.8. The number of allylic oxidation sites excluding steroid dienone is 1. The van der Waals surface area contributed by atoms with Gasteiger partial charge in [-0.15, -0.1) is 5.10 Å². The summed E-state index contributed by atoms with van der Waals surface area (Å²) in [4.78, 5) is 18.5. The quantitative estimate of drug-likeness (QED) is 0.131. The molecule has 224 valence electrons. The Hall–Kier alpha value is -3.53. The topological polar surface area (TPSA) is 87.5 Å². The van der Waals surface area contributed by atoms with Gasteiger partial charge in [0.15, 0.2) is 11.5 Å². The molecule has 0 saturated heterocycles. The Kier molecular flexibility index (Phi) is 10.0. The highest BCUT2D eigenvalue weighted by molar-refractivity contribution is 7.98. The second-order valence-corrected chi connectivity index (χ2v) is 11.7. The van der Waals surface area contributed by atoms with E-state index in [4.69, 9.17) is 19.3 Å². The zero-order chi connectivity index (χ0) is 29.5. The molecular formula is C32H39FN4O4S. The van der Waals surface area contributed by atoms with Crippen molar-refractivity contribution in [2.75, 3.05) is 19.0 Å². The SMILES string of the molecule is CCCCCOc1ccc(C2C(C(=O)OC3CCCCC3)=C(C)Nc3nc(SCc4ccccc4F)nn32)cc1OC. The molecule has 2 aliphatic rings. The Bertz CT molecular complexity index is 1420. The summed E-state index contributed by atoms with van der Waals surface area (Å²) in [5, 5.41) is 8.52. The summed E-state index contributed by atoms with van der Waals surface area (Å²) >= 11 is 1.34. The zero-order valence-corrected chi connectivity index (χ0v) is 25.3. The number of thioether (sulfide) groups is 1. The second kappa shape index (κ2) is 14.1. The van der Waals surface area contributed by atoms with E-state index in [1.165, 1.54) is 24.2 Å². The zero-order valence-electron chi connectivity index (χ0n) is 24.5. The molecule has 1 saturated carbocycles. The van der Waals surface area contributed by atoms with Gasteiger partial charge in [-0.05, 0) is 68.4 Å². The first kappa shape index (κ1) is 29.9. The van der Waals surface area contributed by atoms with Gasteiger partial charge in [0.05, 0.1) is 19.3 Å². The maximum Gasteiger partial charge on any atom is 0.338 e. The van der Waals surface area contributed by atoms with Gasteiger partial charge in [-0.3, -0.25) is 0 Å². The second-order valence-electron chi connectivity index (χ2n) is 10.7. The van der Waals surface area contributed by atoms with E-state index in [-0.39, 0.29) is 17.9 Å². The molecule has 0 amide bonds. The summed E-state index contributed by atoms with van der Waals surface area (Å²) in [6.07, 6.45) is 8.12. The van der Waals surface area contributed by atoms with Crippen LogP contribution >= 0.6 is 11.8 Å². The van der Waals surface area contributed by atoms with Crippen LogP contribution in [0.4, 0.5) is 10.3 Å². The number of nitrogens with one attached hydrogen (secondary N) is 1. The van der Waals surface area contributed by atoms with Crippen molar-refractivity contribution in [3.8, 4) is 11.5 Å². The molecule has 10 heteroatoms. The minimum atomic E-state index is -0.601. The van der Waals surface area contributed by atoms with E-state index in [1.54, 1.807) is 23.9 Å². The standard InChI is InChI=1S/C32H39FN4O4S/c1-4-5-11-18-40-26-17-16-22(19-27(26)39-3)29-28(30(38)41-24-13-7-6-8-14-24)21(2)34-31-35-32(36-37(29)31)42-20-23-12-9-10-15-25(23)33/h9-10,12,15-17,19,24,29H,4-8,11,13-14,18,20H2,1-3H3,(H,34,35,36). The van der Waals surface area contributed by atoms with Gasteiger partial charge < -0.3 is 19.5 Å². The van der Waals surface area contributed by atoms with Crippen LogP contribution in [0.15, 0.2) is 58.9 Å². The van der Waals surface area contributed by atoms with Crippen molar-refractivity contribution in [1.29, 1.82) is 0 Å². The number of hydrogen-bond acceptors (Lipinski definition) is 8. The number of benzene rings is 2. The molecule has 1 unspecified atom stereocenters. The Labute approximate surface area is 251 Å². The molecule has 0 bridgehead atoms. The van der Waals surface area contributed by atoms with Crippen LogP contribution in [0.2, 0.25) is 0 Å². The van der Waals surface area contributed by atoms with Gasteiger partial charge in [0.2, 0.25) is 11.1 Å². The lowest BCUT2D eigenvalue weighted by atomic mass is 9.94. The molecule has 1 aliphatic carbocycles. The normalized spacial score (nSPS) is 17.0. The smallest absolute Gasteiger partial charge is 0.338 e. The van der Waals surface area contributed by atoms with Crippen molar-refractivity contribution in [3.05, 3.63) is 70.7 Å². The predicted molar refractivity (Wildman–Crippen MR) is 161 cm³/mol. The first-order chi connectivity index (χ1) is 20.5. The molecular weight excluding hydrogens is 555 g/mol. The fraction of sp³-hybridized carbons (Fsp3) is 0.469. The van der Waals surface area contributed by atoms with Crippen molar-refractivity contribution in [1.82, 2.24) is 14.8 Å². The van der Waals surface area contributed by atoms with E-state index >= 15 is 0 Å². The maximum atomic E-state index is 14.3. The van der Waals surface area contributed by atoms with Gasteiger partial charge >= 0.3 is 5.97 Å². The van der Waals surface area contributed by atoms with Gasteiger partial charge in [0.25, 0.3) is 0 Å². The van der Waals surface area contributed by atoms with Gasteiger partial charge in [-0.1, -0.05) is 62.2 Å².